The van der Waals surface area contributed by atoms with Crippen molar-refractivity contribution in [2.45, 2.75) is 68.7 Å². The van der Waals surface area contributed by atoms with Crippen molar-refractivity contribution in [2.75, 3.05) is 14.1 Å². The average Bonchev–Trinajstić information content (AvgIpc) is 2.55. The van der Waals surface area contributed by atoms with Crippen molar-refractivity contribution in [1.82, 2.24) is 9.62 Å². The SMILES string of the molecule is CN(C)S(=O)(=O)c1ccc(CCC(=O)NC2CCCCCCC2)cc1. The third kappa shape index (κ3) is 6.12. The quantitative estimate of drug-likeness (QED) is 0.841. The predicted octanol–water partition coefficient (Wildman–Crippen LogP) is 3.10. The molecule has 1 aromatic carbocycles. The van der Waals surface area contributed by atoms with Crippen molar-refractivity contribution >= 4 is 15.9 Å². The highest BCUT2D eigenvalue weighted by Gasteiger charge is 2.17. The van der Waals surface area contributed by atoms with Crippen LogP contribution >= 0.6 is 0 Å². The Morgan fingerprint density at radius 3 is 2.16 bits per heavy atom. The van der Waals surface area contributed by atoms with Crippen molar-refractivity contribution < 1.29 is 13.2 Å². The number of rotatable bonds is 6. The van der Waals surface area contributed by atoms with E-state index in [0.717, 1.165) is 18.4 Å². The molecule has 0 aliphatic heterocycles. The molecule has 2 rings (SSSR count). The minimum Gasteiger partial charge on any atom is -0.353 e. The van der Waals surface area contributed by atoms with Crippen molar-refractivity contribution in [3.8, 4) is 0 Å². The van der Waals surface area contributed by atoms with E-state index in [1.807, 2.05) is 0 Å². The zero-order valence-electron chi connectivity index (χ0n) is 15.3. The molecule has 1 aromatic rings. The summed E-state index contributed by atoms with van der Waals surface area (Å²) in [4.78, 5) is 12.5. The second-order valence-electron chi connectivity index (χ2n) is 7.04. The second kappa shape index (κ2) is 9.34. The Morgan fingerprint density at radius 2 is 1.60 bits per heavy atom. The molecule has 0 aromatic heterocycles. The van der Waals surface area contributed by atoms with Crippen LogP contribution < -0.4 is 5.32 Å². The second-order valence-corrected chi connectivity index (χ2v) is 9.19. The molecule has 0 unspecified atom stereocenters. The average molecular weight is 367 g/mol. The molecule has 1 saturated carbocycles. The number of carbonyl (C=O) groups excluding carboxylic acids is 1. The number of nitrogens with zero attached hydrogens (tertiary/aromatic N) is 1. The molecule has 1 fully saturated rings. The lowest BCUT2D eigenvalue weighted by molar-refractivity contribution is -0.121. The number of benzene rings is 1. The van der Waals surface area contributed by atoms with Gasteiger partial charge in [-0.15, -0.1) is 0 Å². The largest absolute Gasteiger partial charge is 0.353 e. The van der Waals surface area contributed by atoms with Crippen molar-refractivity contribution in [2.24, 2.45) is 0 Å². The molecule has 0 bridgehead atoms. The maximum atomic E-state index is 12.2. The summed E-state index contributed by atoms with van der Waals surface area (Å²) in [5.74, 6) is 0.0931. The molecule has 0 saturated heterocycles. The molecule has 0 atom stereocenters. The lowest BCUT2D eigenvalue weighted by Crippen LogP contribution is -2.35. The number of carbonyl (C=O) groups is 1. The Morgan fingerprint density at radius 1 is 1.04 bits per heavy atom. The number of hydrogen-bond acceptors (Lipinski definition) is 3. The van der Waals surface area contributed by atoms with E-state index in [1.165, 1.54) is 50.5 Å². The fourth-order valence-corrected chi connectivity index (χ4v) is 4.10. The summed E-state index contributed by atoms with van der Waals surface area (Å²) in [6.07, 6.45) is 9.51. The summed E-state index contributed by atoms with van der Waals surface area (Å²) in [5.41, 5.74) is 0.977. The Hall–Kier alpha value is -1.40. The van der Waals surface area contributed by atoms with Crippen LogP contribution in [-0.4, -0.2) is 38.8 Å². The fraction of sp³-hybridized carbons (Fsp3) is 0.632. The molecule has 1 N–H and O–H groups in total. The highest BCUT2D eigenvalue weighted by molar-refractivity contribution is 7.89. The van der Waals surface area contributed by atoms with E-state index < -0.39 is 10.0 Å². The maximum absolute atomic E-state index is 12.2. The van der Waals surface area contributed by atoms with Crippen LogP contribution in [0.3, 0.4) is 0 Å². The first-order chi connectivity index (χ1) is 11.9. The summed E-state index contributed by atoms with van der Waals surface area (Å²) in [6, 6.07) is 7.12. The van der Waals surface area contributed by atoms with Crippen LogP contribution in [-0.2, 0) is 21.2 Å². The lowest BCUT2D eigenvalue weighted by atomic mass is 9.96. The molecule has 5 nitrogen and oxygen atoms in total. The summed E-state index contributed by atoms with van der Waals surface area (Å²) >= 11 is 0. The van der Waals surface area contributed by atoms with Crippen molar-refractivity contribution in [3.05, 3.63) is 29.8 Å². The third-order valence-corrected chi connectivity index (χ3v) is 6.64. The zero-order chi connectivity index (χ0) is 18.3. The molecule has 1 amide bonds. The molecule has 140 valence electrons. The van der Waals surface area contributed by atoms with E-state index in [1.54, 1.807) is 24.3 Å². The third-order valence-electron chi connectivity index (χ3n) is 4.81. The number of aryl methyl sites for hydroxylation is 1. The Labute approximate surface area is 151 Å². The first-order valence-corrected chi connectivity index (χ1v) is 10.6. The highest BCUT2D eigenvalue weighted by Crippen LogP contribution is 2.18. The van der Waals surface area contributed by atoms with Crippen LogP contribution in [0, 0.1) is 0 Å². The molecular formula is C19H30N2O3S. The van der Waals surface area contributed by atoms with Crippen LogP contribution in [0.1, 0.15) is 56.9 Å². The van der Waals surface area contributed by atoms with E-state index in [4.69, 9.17) is 0 Å². The number of hydrogen-bond donors (Lipinski definition) is 1. The van der Waals surface area contributed by atoms with Crippen LogP contribution in [0.2, 0.25) is 0 Å². The molecular weight excluding hydrogens is 336 g/mol. The standard InChI is InChI=1S/C19H30N2O3S/c1-21(2)25(23,24)18-13-10-16(11-14-18)12-15-19(22)20-17-8-6-4-3-5-7-9-17/h10-11,13-14,17H,3-9,12,15H2,1-2H3,(H,20,22). The van der Waals surface area contributed by atoms with Gasteiger partial charge < -0.3 is 5.32 Å². The monoisotopic (exact) mass is 366 g/mol. The van der Waals surface area contributed by atoms with E-state index in [9.17, 15) is 13.2 Å². The molecule has 1 aliphatic carbocycles. The molecule has 0 spiro atoms. The zero-order valence-corrected chi connectivity index (χ0v) is 16.1. The van der Waals surface area contributed by atoms with Gasteiger partial charge in [0.05, 0.1) is 4.90 Å². The van der Waals surface area contributed by atoms with Gasteiger partial charge in [0.1, 0.15) is 0 Å². The fourth-order valence-electron chi connectivity index (χ4n) is 3.20. The van der Waals surface area contributed by atoms with Crippen molar-refractivity contribution in [1.29, 1.82) is 0 Å². The normalized spacial score (nSPS) is 17.1. The van der Waals surface area contributed by atoms with Gasteiger partial charge in [-0.3, -0.25) is 4.79 Å². The number of amides is 1. The predicted molar refractivity (Wildman–Crippen MR) is 99.9 cm³/mol. The van der Waals surface area contributed by atoms with E-state index >= 15 is 0 Å². The molecule has 25 heavy (non-hydrogen) atoms. The summed E-state index contributed by atoms with van der Waals surface area (Å²) in [6.45, 7) is 0. The first-order valence-electron chi connectivity index (χ1n) is 9.20. The van der Waals surface area contributed by atoms with Crippen LogP contribution in [0.5, 0.6) is 0 Å². The van der Waals surface area contributed by atoms with Gasteiger partial charge in [0.25, 0.3) is 0 Å². The van der Waals surface area contributed by atoms with Gasteiger partial charge in [0, 0.05) is 26.6 Å². The minimum atomic E-state index is -3.40. The summed E-state index contributed by atoms with van der Waals surface area (Å²) in [7, 11) is -0.363. The number of sulfonamides is 1. The van der Waals surface area contributed by atoms with Gasteiger partial charge in [-0.1, -0.05) is 44.2 Å². The Balaban J connectivity index is 1.83. The van der Waals surface area contributed by atoms with Gasteiger partial charge in [-0.25, -0.2) is 12.7 Å². The molecule has 0 radical (unpaired) electrons. The van der Waals surface area contributed by atoms with Gasteiger partial charge in [-0.05, 0) is 37.0 Å². The van der Waals surface area contributed by atoms with E-state index in [2.05, 4.69) is 5.32 Å². The molecule has 0 heterocycles. The summed E-state index contributed by atoms with van der Waals surface area (Å²) < 4.78 is 25.3. The van der Waals surface area contributed by atoms with Gasteiger partial charge in [0.2, 0.25) is 15.9 Å². The number of nitrogens with one attached hydrogen (secondary N) is 1. The maximum Gasteiger partial charge on any atom is 0.242 e. The lowest BCUT2D eigenvalue weighted by Gasteiger charge is -2.21. The highest BCUT2D eigenvalue weighted by atomic mass is 32.2. The van der Waals surface area contributed by atoms with Crippen LogP contribution in [0.25, 0.3) is 0 Å². The Kier molecular flexibility index (Phi) is 7.44. The van der Waals surface area contributed by atoms with E-state index in [-0.39, 0.29) is 10.8 Å². The van der Waals surface area contributed by atoms with Gasteiger partial charge in [0.15, 0.2) is 0 Å². The molecule has 6 heteroatoms. The smallest absolute Gasteiger partial charge is 0.242 e. The molecule has 1 aliphatic rings. The van der Waals surface area contributed by atoms with Gasteiger partial charge >= 0.3 is 0 Å². The first kappa shape index (κ1) is 19.9. The van der Waals surface area contributed by atoms with Crippen molar-refractivity contribution in [3.63, 3.8) is 0 Å². The topological polar surface area (TPSA) is 66.5 Å². The Bertz CT molecular complexity index is 646. The van der Waals surface area contributed by atoms with Gasteiger partial charge in [-0.2, -0.15) is 0 Å². The van der Waals surface area contributed by atoms with E-state index in [0.29, 0.717) is 18.9 Å². The summed E-state index contributed by atoms with van der Waals surface area (Å²) in [5, 5.41) is 3.17. The minimum absolute atomic E-state index is 0.0931. The van der Waals surface area contributed by atoms with Crippen LogP contribution in [0.4, 0.5) is 0 Å². The van der Waals surface area contributed by atoms with Crippen LogP contribution in [0.15, 0.2) is 29.2 Å².